The number of carbonyl (C=O) groups excluding carboxylic acids is 2. The zero-order valence-corrected chi connectivity index (χ0v) is 15.1. The molecular weight excluding hydrogens is 377 g/mol. The van der Waals surface area contributed by atoms with Crippen LogP contribution in [0, 0.1) is 0 Å². The normalized spacial score (nSPS) is 10.7. The van der Waals surface area contributed by atoms with Crippen LogP contribution in [0.2, 0.25) is 10.0 Å². The number of carbonyl (C=O) groups is 2. The second-order valence-electron chi connectivity index (χ2n) is 5.61. The Morgan fingerprint density at radius 3 is 2.65 bits per heavy atom. The Hall–Kier alpha value is -2.70. The Bertz CT molecular complexity index is 1090. The van der Waals surface area contributed by atoms with Gasteiger partial charge in [-0.25, -0.2) is 4.98 Å². The molecule has 1 amide bonds. The van der Waals surface area contributed by atoms with Crippen molar-refractivity contribution in [3.63, 3.8) is 0 Å². The first-order valence-electron chi connectivity index (χ1n) is 7.61. The fourth-order valence-electron chi connectivity index (χ4n) is 2.55. The number of amides is 1. The number of Topliss-reactive ketones (excluding diaryl/α,β-unsaturated/α-hetero) is 1. The third-order valence-electron chi connectivity index (χ3n) is 3.74. The van der Waals surface area contributed by atoms with Crippen LogP contribution in [0.1, 0.15) is 17.3 Å². The summed E-state index contributed by atoms with van der Waals surface area (Å²) < 4.78 is 1.15. The zero-order chi connectivity index (χ0) is 18.8. The average Bonchev–Trinajstić information content (AvgIpc) is 2.58. The lowest BCUT2D eigenvalue weighted by Crippen LogP contribution is -2.28. The van der Waals surface area contributed by atoms with Crippen molar-refractivity contribution in [1.82, 2.24) is 9.55 Å². The van der Waals surface area contributed by atoms with Gasteiger partial charge in [-0.15, -0.1) is 0 Å². The van der Waals surface area contributed by atoms with Gasteiger partial charge in [-0.1, -0.05) is 35.3 Å². The molecule has 6 nitrogen and oxygen atoms in total. The lowest BCUT2D eigenvalue weighted by atomic mass is 10.1. The lowest BCUT2D eigenvalue weighted by Gasteiger charge is -2.11. The largest absolute Gasteiger partial charge is 0.324 e. The molecule has 3 rings (SSSR count). The molecule has 0 aliphatic rings. The molecule has 1 aromatic heterocycles. The van der Waals surface area contributed by atoms with Gasteiger partial charge in [-0.2, -0.15) is 0 Å². The van der Waals surface area contributed by atoms with E-state index in [1.165, 1.54) is 25.4 Å². The number of nitrogens with one attached hydrogen (secondary N) is 1. The summed E-state index contributed by atoms with van der Waals surface area (Å²) in [6.45, 7) is 1.15. The van der Waals surface area contributed by atoms with E-state index in [0.29, 0.717) is 21.8 Å². The number of anilines is 1. The van der Waals surface area contributed by atoms with Crippen LogP contribution < -0.4 is 10.9 Å². The maximum Gasteiger partial charge on any atom is 0.261 e. The monoisotopic (exact) mass is 389 g/mol. The van der Waals surface area contributed by atoms with E-state index in [0.717, 1.165) is 4.57 Å². The molecular formula is C18H13Cl2N3O3. The van der Waals surface area contributed by atoms with E-state index >= 15 is 0 Å². The van der Waals surface area contributed by atoms with Crippen molar-refractivity contribution in [3.05, 3.63) is 68.7 Å². The highest BCUT2D eigenvalue weighted by Crippen LogP contribution is 2.24. The number of rotatable bonds is 4. The van der Waals surface area contributed by atoms with Gasteiger partial charge in [-0.05, 0) is 31.2 Å². The van der Waals surface area contributed by atoms with E-state index in [1.54, 1.807) is 24.3 Å². The summed E-state index contributed by atoms with van der Waals surface area (Å²) in [5.74, 6) is -0.634. The fraction of sp³-hybridized carbons (Fsp3) is 0.111. The Labute approximate surface area is 158 Å². The van der Waals surface area contributed by atoms with Crippen LogP contribution in [-0.4, -0.2) is 21.2 Å². The summed E-state index contributed by atoms with van der Waals surface area (Å²) in [5, 5.41) is 3.43. The van der Waals surface area contributed by atoms with Gasteiger partial charge in [0.15, 0.2) is 5.78 Å². The van der Waals surface area contributed by atoms with E-state index in [9.17, 15) is 14.4 Å². The average molecular weight is 390 g/mol. The minimum Gasteiger partial charge on any atom is -0.324 e. The third kappa shape index (κ3) is 3.61. The second-order valence-corrected chi connectivity index (χ2v) is 6.45. The van der Waals surface area contributed by atoms with Crippen LogP contribution in [0.5, 0.6) is 0 Å². The van der Waals surface area contributed by atoms with E-state index in [4.69, 9.17) is 23.2 Å². The Morgan fingerprint density at radius 2 is 1.92 bits per heavy atom. The quantitative estimate of drug-likeness (QED) is 0.691. The van der Waals surface area contributed by atoms with Gasteiger partial charge in [0.05, 0.1) is 27.9 Å². The van der Waals surface area contributed by atoms with E-state index < -0.39 is 11.5 Å². The minimum atomic E-state index is -0.463. The van der Waals surface area contributed by atoms with Gasteiger partial charge in [0.25, 0.3) is 5.56 Å². The molecule has 2 aromatic carbocycles. The predicted octanol–water partition coefficient (Wildman–Crippen LogP) is 3.54. The Balaban J connectivity index is 1.90. The molecule has 0 atom stereocenters. The highest BCUT2D eigenvalue weighted by Gasteiger charge is 2.13. The minimum absolute atomic E-state index is 0.172. The van der Waals surface area contributed by atoms with Crippen molar-refractivity contribution in [2.24, 2.45) is 0 Å². The predicted molar refractivity (Wildman–Crippen MR) is 101 cm³/mol. The van der Waals surface area contributed by atoms with Gasteiger partial charge in [-0.3, -0.25) is 19.0 Å². The van der Waals surface area contributed by atoms with E-state index in [1.807, 2.05) is 0 Å². The van der Waals surface area contributed by atoms with Crippen LogP contribution in [-0.2, 0) is 11.3 Å². The van der Waals surface area contributed by atoms with Gasteiger partial charge in [0.2, 0.25) is 5.91 Å². The van der Waals surface area contributed by atoms with Crippen LogP contribution in [0.25, 0.3) is 10.9 Å². The first kappa shape index (κ1) is 18.1. The number of benzene rings is 2. The molecule has 0 saturated carbocycles. The molecule has 0 aliphatic heterocycles. The topological polar surface area (TPSA) is 81.1 Å². The van der Waals surface area contributed by atoms with Gasteiger partial charge < -0.3 is 5.32 Å². The summed E-state index contributed by atoms with van der Waals surface area (Å²) in [5.41, 5.74) is 0.662. The fourth-order valence-corrected chi connectivity index (χ4v) is 3.09. The smallest absolute Gasteiger partial charge is 0.261 e. The molecule has 0 radical (unpaired) electrons. The Morgan fingerprint density at radius 1 is 1.19 bits per heavy atom. The molecule has 0 fully saturated rings. The number of hydrogen-bond acceptors (Lipinski definition) is 4. The number of fused-ring (bicyclic) bond motifs is 1. The van der Waals surface area contributed by atoms with Gasteiger partial charge in [0, 0.05) is 10.6 Å². The van der Waals surface area contributed by atoms with Crippen LogP contribution in [0.4, 0.5) is 5.69 Å². The molecule has 0 aliphatic carbocycles. The summed E-state index contributed by atoms with van der Waals surface area (Å²) in [6, 6.07) is 9.60. The maximum absolute atomic E-state index is 12.6. The molecule has 1 heterocycles. The molecule has 26 heavy (non-hydrogen) atoms. The van der Waals surface area contributed by atoms with Crippen LogP contribution in [0.15, 0.2) is 47.5 Å². The Kier molecular flexibility index (Phi) is 5.06. The number of nitrogens with zero attached hydrogens (tertiary/aromatic N) is 2. The summed E-state index contributed by atoms with van der Waals surface area (Å²) in [7, 11) is 0. The summed E-state index contributed by atoms with van der Waals surface area (Å²) >= 11 is 12.0. The SMILES string of the molecule is CC(=O)c1ccccc1NC(=O)Cn1cnc2c(Cl)cc(Cl)cc2c1=O. The molecule has 0 saturated heterocycles. The molecule has 0 unspecified atom stereocenters. The molecule has 0 spiro atoms. The standard InChI is InChI=1S/C18H13Cl2N3O3/c1-10(24)12-4-2-3-5-15(12)22-16(25)8-23-9-21-17-13(18(23)26)6-11(19)7-14(17)20/h2-7,9H,8H2,1H3,(H,22,25). The van der Waals surface area contributed by atoms with Gasteiger partial charge >= 0.3 is 0 Å². The van der Waals surface area contributed by atoms with Crippen molar-refractivity contribution in [3.8, 4) is 0 Å². The highest BCUT2D eigenvalue weighted by molar-refractivity contribution is 6.38. The summed E-state index contributed by atoms with van der Waals surface area (Å²) in [4.78, 5) is 40.6. The van der Waals surface area contributed by atoms with Gasteiger partial charge in [0.1, 0.15) is 6.54 Å². The van der Waals surface area contributed by atoms with Crippen molar-refractivity contribution >= 4 is 51.5 Å². The zero-order valence-electron chi connectivity index (χ0n) is 13.6. The second kappa shape index (κ2) is 7.27. The van der Waals surface area contributed by atoms with Crippen LogP contribution >= 0.6 is 23.2 Å². The number of aromatic nitrogens is 2. The first-order valence-corrected chi connectivity index (χ1v) is 8.36. The molecule has 1 N–H and O–H groups in total. The number of hydrogen-bond donors (Lipinski definition) is 1. The molecule has 3 aromatic rings. The highest BCUT2D eigenvalue weighted by atomic mass is 35.5. The molecule has 0 bridgehead atoms. The third-order valence-corrected chi connectivity index (χ3v) is 4.25. The number of para-hydroxylation sites is 1. The van der Waals surface area contributed by atoms with Crippen molar-refractivity contribution in [2.75, 3.05) is 5.32 Å². The van der Waals surface area contributed by atoms with E-state index in [2.05, 4.69) is 10.3 Å². The van der Waals surface area contributed by atoms with Crippen LogP contribution in [0.3, 0.4) is 0 Å². The number of halogens is 2. The summed E-state index contributed by atoms with van der Waals surface area (Å²) in [6.07, 6.45) is 1.25. The number of ketones is 1. The molecule has 8 heteroatoms. The first-order chi connectivity index (χ1) is 12.4. The van der Waals surface area contributed by atoms with Crippen molar-refractivity contribution < 1.29 is 9.59 Å². The lowest BCUT2D eigenvalue weighted by molar-refractivity contribution is -0.116. The molecule has 132 valence electrons. The maximum atomic E-state index is 12.6. The van der Waals surface area contributed by atoms with E-state index in [-0.39, 0.29) is 22.7 Å². The van der Waals surface area contributed by atoms with Crippen molar-refractivity contribution in [2.45, 2.75) is 13.5 Å². The van der Waals surface area contributed by atoms with Crippen molar-refractivity contribution in [1.29, 1.82) is 0 Å².